The summed E-state index contributed by atoms with van der Waals surface area (Å²) in [6.45, 7) is 7.02. The van der Waals surface area contributed by atoms with Crippen LogP contribution in [-0.2, 0) is 14.3 Å². The van der Waals surface area contributed by atoms with Crippen LogP contribution in [0.25, 0.3) is 0 Å². The number of methoxy groups -OCH3 is 1. The van der Waals surface area contributed by atoms with Crippen molar-refractivity contribution >= 4 is 11.8 Å². The van der Waals surface area contributed by atoms with Crippen molar-refractivity contribution in [1.29, 1.82) is 0 Å². The molecule has 0 aromatic heterocycles. The second-order valence-electron chi connectivity index (χ2n) is 6.72. The van der Waals surface area contributed by atoms with E-state index in [1.807, 2.05) is 0 Å². The van der Waals surface area contributed by atoms with Gasteiger partial charge >= 0.3 is 11.8 Å². The summed E-state index contributed by atoms with van der Waals surface area (Å²) in [7, 11) is 3.67. The zero-order valence-corrected chi connectivity index (χ0v) is 16.0. The summed E-state index contributed by atoms with van der Waals surface area (Å²) in [5.41, 5.74) is 2.35. The smallest absolute Gasteiger partial charge is 0.309 e. The molecule has 1 aliphatic rings. The Hall–Kier alpha value is -1.96. The Morgan fingerprint density at radius 2 is 1.69 bits per heavy atom. The number of benzene rings is 1. The highest BCUT2D eigenvalue weighted by molar-refractivity contribution is 6.35. The van der Waals surface area contributed by atoms with Crippen molar-refractivity contribution in [2.45, 2.75) is 13.0 Å². The Kier molecular flexibility index (Phi) is 8.03. The lowest BCUT2D eigenvalue weighted by Crippen LogP contribution is -2.49. The van der Waals surface area contributed by atoms with Crippen LogP contribution in [0, 0.1) is 6.92 Å². The number of piperazine rings is 1. The van der Waals surface area contributed by atoms with Crippen LogP contribution in [0.1, 0.15) is 17.2 Å². The average Bonchev–Trinajstić information content (AvgIpc) is 2.64. The van der Waals surface area contributed by atoms with Gasteiger partial charge in [0.1, 0.15) is 0 Å². The van der Waals surface area contributed by atoms with E-state index in [-0.39, 0.29) is 6.04 Å². The van der Waals surface area contributed by atoms with E-state index in [4.69, 9.17) is 4.74 Å². The molecule has 1 aliphatic heterocycles. The molecule has 0 spiro atoms. The standard InChI is InChI=1S/C19H30N4O3/c1-15-4-6-16(7-5-15)17(23-11-9-22(2)10-12-23)14-21-19(25)18(24)20-8-13-26-3/h4-7,17H,8-14H2,1-3H3,(H,20,24)(H,21,25). The first kappa shape index (κ1) is 20.4. The van der Waals surface area contributed by atoms with Crippen LogP contribution in [0.15, 0.2) is 24.3 Å². The van der Waals surface area contributed by atoms with Crippen LogP contribution >= 0.6 is 0 Å². The van der Waals surface area contributed by atoms with E-state index in [0.29, 0.717) is 19.7 Å². The lowest BCUT2D eigenvalue weighted by Gasteiger charge is -2.38. The maximum Gasteiger partial charge on any atom is 0.309 e. The Morgan fingerprint density at radius 3 is 2.31 bits per heavy atom. The molecule has 1 aromatic rings. The summed E-state index contributed by atoms with van der Waals surface area (Å²) in [5.74, 6) is -1.23. The quantitative estimate of drug-likeness (QED) is 0.534. The van der Waals surface area contributed by atoms with Gasteiger partial charge in [-0.1, -0.05) is 29.8 Å². The third-order valence-corrected chi connectivity index (χ3v) is 4.69. The lowest BCUT2D eigenvalue weighted by atomic mass is 10.0. The molecule has 1 fully saturated rings. The molecular formula is C19H30N4O3. The number of nitrogens with zero attached hydrogens (tertiary/aromatic N) is 2. The summed E-state index contributed by atoms with van der Waals surface area (Å²) < 4.78 is 4.87. The second-order valence-corrected chi connectivity index (χ2v) is 6.72. The molecular weight excluding hydrogens is 332 g/mol. The third kappa shape index (κ3) is 6.09. The number of nitrogens with one attached hydrogen (secondary N) is 2. The Labute approximate surface area is 155 Å². The van der Waals surface area contributed by atoms with Crippen molar-refractivity contribution in [3.05, 3.63) is 35.4 Å². The van der Waals surface area contributed by atoms with Gasteiger partial charge in [0.15, 0.2) is 0 Å². The fraction of sp³-hybridized carbons (Fsp3) is 0.579. The number of carbonyl (C=O) groups excluding carboxylic acids is 2. The fourth-order valence-corrected chi connectivity index (χ4v) is 3.00. The molecule has 1 atom stereocenters. The molecule has 0 saturated carbocycles. The van der Waals surface area contributed by atoms with E-state index < -0.39 is 11.8 Å². The SMILES string of the molecule is COCCNC(=O)C(=O)NCC(c1ccc(C)cc1)N1CCN(C)CC1. The molecule has 7 nitrogen and oxygen atoms in total. The largest absolute Gasteiger partial charge is 0.383 e. The van der Waals surface area contributed by atoms with E-state index in [9.17, 15) is 9.59 Å². The van der Waals surface area contributed by atoms with Crippen LogP contribution in [0.5, 0.6) is 0 Å². The number of hydrogen-bond donors (Lipinski definition) is 2. The molecule has 1 aromatic carbocycles. The van der Waals surface area contributed by atoms with Crippen molar-refractivity contribution in [2.24, 2.45) is 0 Å². The van der Waals surface area contributed by atoms with Crippen LogP contribution in [0.3, 0.4) is 0 Å². The lowest BCUT2D eigenvalue weighted by molar-refractivity contribution is -0.139. The molecule has 0 aliphatic carbocycles. The molecule has 26 heavy (non-hydrogen) atoms. The Balaban J connectivity index is 1.98. The first-order valence-electron chi connectivity index (χ1n) is 9.05. The maximum atomic E-state index is 12.1. The van der Waals surface area contributed by atoms with E-state index in [0.717, 1.165) is 31.7 Å². The summed E-state index contributed by atoms with van der Waals surface area (Å²) in [4.78, 5) is 28.6. The zero-order chi connectivity index (χ0) is 18.9. The number of likely N-dealkylation sites (N-methyl/N-ethyl adjacent to an activating group) is 1. The Bertz CT molecular complexity index is 583. The monoisotopic (exact) mass is 362 g/mol. The first-order chi connectivity index (χ1) is 12.5. The predicted octanol–water partition coefficient (Wildman–Crippen LogP) is 0.162. The molecule has 2 amide bonds. The van der Waals surface area contributed by atoms with Gasteiger partial charge in [-0.2, -0.15) is 0 Å². The number of hydrogen-bond acceptors (Lipinski definition) is 5. The summed E-state index contributed by atoms with van der Waals surface area (Å²) in [6, 6.07) is 8.42. The number of carbonyl (C=O) groups is 2. The number of ether oxygens (including phenoxy) is 1. The molecule has 2 rings (SSSR count). The number of rotatable bonds is 7. The summed E-state index contributed by atoms with van der Waals surface area (Å²) in [5, 5.41) is 5.33. The van der Waals surface area contributed by atoms with Gasteiger partial charge in [-0.15, -0.1) is 0 Å². The van der Waals surface area contributed by atoms with Crippen molar-refractivity contribution in [3.8, 4) is 0 Å². The van der Waals surface area contributed by atoms with Crippen LogP contribution < -0.4 is 10.6 Å². The zero-order valence-electron chi connectivity index (χ0n) is 16.0. The van der Waals surface area contributed by atoms with Crippen molar-refractivity contribution in [3.63, 3.8) is 0 Å². The molecule has 1 heterocycles. The second kappa shape index (κ2) is 10.3. The topological polar surface area (TPSA) is 73.9 Å². The fourth-order valence-electron chi connectivity index (χ4n) is 3.00. The van der Waals surface area contributed by atoms with Gasteiger partial charge in [0.25, 0.3) is 0 Å². The molecule has 1 saturated heterocycles. The van der Waals surface area contributed by atoms with Crippen molar-refractivity contribution in [2.75, 3.05) is 60.0 Å². The predicted molar refractivity (Wildman–Crippen MR) is 101 cm³/mol. The van der Waals surface area contributed by atoms with Gasteiger partial charge in [-0.05, 0) is 19.5 Å². The van der Waals surface area contributed by atoms with Gasteiger partial charge in [-0.3, -0.25) is 14.5 Å². The minimum absolute atomic E-state index is 0.0556. The van der Waals surface area contributed by atoms with Crippen molar-refractivity contribution < 1.29 is 14.3 Å². The molecule has 0 radical (unpaired) electrons. The third-order valence-electron chi connectivity index (χ3n) is 4.69. The molecule has 2 N–H and O–H groups in total. The molecule has 144 valence electrons. The highest BCUT2D eigenvalue weighted by Gasteiger charge is 2.25. The van der Waals surface area contributed by atoms with E-state index >= 15 is 0 Å². The van der Waals surface area contributed by atoms with Gasteiger partial charge in [0, 0.05) is 46.4 Å². The number of aryl methyl sites for hydroxylation is 1. The molecule has 1 unspecified atom stereocenters. The maximum absolute atomic E-state index is 12.1. The highest BCUT2D eigenvalue weighted by atomic mass is 16.5. The van der Waals surface area contributed by atoms with E-state index in [1.54, 1.807) is 7.11 Å². The average molecular weight is 362 g/mol. The van der Waals surface area contributed by atoms with Crippen LogP contribution in [-0.4, -0.2) is 81.6 Å². The summed E-state index contributed by atoms with van der Waals surface area (Å²) in [6.07, 6.45) is 0. The van der Waals surface area contributed by atoms with Gasteiger partial charge in [-0.25, -0.2) is 0 Å². The first-order valence-corrected chi connectivity index (χ1v) is 9.05. The van der Waals surface area contributed by atoms with E-state index in [2.05, 4.69) is 58.7 Å². The van der Waals surface area contributed by atoms with Crippen molar-refractivity contribution in [1.82, 2.24) is 20.4 Å². The van der Waals surface area contributed by atoms with Gasteiger partial charge in [0.2, 0.25) is 0 Å². The number of amides is 2. The normalized spacial score (nSPS) is 16.9. The molecule has 0 bridgehead atoms. The van der Waals surface area contributed by atoms with Crippen LogP contribution in [0.2, 0.25) is 0 Å². The minimum Gasteiger partial charge on any atom is -0.383 e. The van der Waals surface area contributed by atoms with Gasteiger partial charge in [0.05, 0.1) is 12.6 Å². The minimum atomic E-state index is -0.622. The Morgan fingerprint density at radius 1 is 1.08 bits per heavy atom. The van der Waals surface area contributed by atoms with Gasteiger partial charge < -0.3 is 20.3 Å². The van der Waals surface area contributed by atoms with Crippen LogP contribution in [0.4, 0.5) is 0 Å². The summed E-state index contributed by atoms with van der Waals surface area (Å²) >= 11 is 0. The molecule has 7 heteroatoms. The van der Waals surface area contributed by atoms with E-state index in [1.165, 1.54) is 5.56 Å². The highest BCUT2D eigenvalue weighted by Crippen LogP contribution is 2.22.